The third kappa shape index (κ3) is 5.43. The van der Waals surface area contributed by atoms with Crippen LogP contribution in [0.4, 0.5) is 0 Å². The van der Waals surface area contributed by atoms with Crippen LogP contribution < -0.4 is 5.32 Å². The summed E-state index contributed by atoms with van der Waals surface area (Å²) >= 11 is 0. The zero-order valence-electron chi connectivity index (χ0n) is 4.32. The van der Waals surface area contributed by atoms with Crippen molar-refractivity contribution < 1.29 is 9.90 Å². The van der Waals surface area contributed by atoms with Crippen molar-refractivity contribution in [2.75, 3.05) is 13.1 Å². The Morgan fingerprint density at radius 1 is 1.86 bits per heavy atom. The van der Waals surface area contributed by atoms with Gasteiger partial charge in [0.15, 0.2) is 6.54 Å². The van der Waals surface area contributed by atoms with Gasteiger partial charge in [-0.1, -0.05) is 6.92 Å². The molecule has 3 heteroatoms. The predicted octanol–water partition coefficient (Wildman–Crippen LogP) is -1.15. The molecule has 0 fully saturated rings. The molecule has 3 nitrogen and oxygen atoms in total. The Balaban J connectivity index is 2.82. The molecule has 0 radical (unpaired) electrons. The van der Waals surface area contributed by atoms with Crippen LogP contribution in [-0.2, 0) is 4.79 Å². The molecule has 0 spiro atoms. The first kappa shape index (κ1) is 6.43. The topological polar surface area (TPSA) is 52.0 Å². The van der Waals surface area contributed by atoms with Crippen molar-refractivity contribution in [1.29, 1.82) is 0 Å². The van der Waals surface area contributed by atoms with Crippen molar-refractivity contribution in [3.8, 4) is 0 Å². The molecule has 3 N–H and O–H groups in total. The van der Waals surface area contributed by atoms with Crippen LogP contribution in [0, 0.1) is 0 Å². The smallest absolute Gasteiger partial charge is 0.529 e. The number of carbonyl (C=O) groups excluding carboxylic acids is 1. The Kier molecular flexibility index (Phi) is 3.32. The van der Waals surface area contributed by atoms with Crippen molar-refractivity contribution in [2.24, 2.45) is 0 Å². The SMILES string of the molecule is CCNCC(=O)[OH2+]. The normalized spacial score (nSPS) is 8.71. The van der Waals surface area contributed by atoms with Crippen molar-refractivity contribution in [1.82, 2.24) is 5.32 Å². The van der Waals surface area contributed by atoms with Gasteiger partial charge in [-0.05, 0) is 6.54 Å². The van der Waals surface area contributed by atoms with Crippen LogP contribution in [0.5, 0.6) is 0 Å². The molecule has 0 atom stereocenters. The van der Waals surface area contributed by atoms with E-state index in [2.05, 4.69) is 5.32 Å². The fourth-order valence-electron chi connectivity index (χ4n) is 0.239. The summed E-state index contributed by atoms with van der Waals surface area (Å²) in [4.78, 5) is 9.81. The minimum Gasteiger partial charge on any atom is -0.564 e. The summed E-state index contributed by atoms with van der Waals surface area (Å²) in [5, 5.41) is 9.09. The maximum absolute atomic E-state index is 9.81. The van der Waals surface area contributed by atoms with Crippen molar-refractivity contribution in [2.45, 2.75) is 6.92 Å². The Hall–Kier alpha value is -0.570. The van der Waals surface area contributed by atoms with Crippen LogP contribution in [0.3, 0.4) is 0 Å². The highest BCUT2D eigenvalue weighted by Gasteiger charge is 2.00. The molecule has 0 rings (SSSR count). The van der Waals surface area contributed by atoms with Gasteiger partial charge in [-0.3, -0.25) is 0 Å². The molecule has 0 aliphatic rings. The van der Waals surface area contributed by atoms with Gasteiger partial charge < -0.3 is 10.4 Å². The van der Waals surface area contributed by atoms with Gasteiger partial charge in [-0.15, -0.1) is 0 Å². The molecule has 7 heavy (non-hydrogen) atoms. The highest BCUT2D eigenvalue weighted by atomic mass is 16.4. The molecule has 0 heterocycles. The monoisotopic (exact) mass is 104 g/mol. The van der Waals surface area contributed by atoms with Crippen molar-refractivity contribution in [3.63, 3.8) is 0 Å². The zero-order valence-corrected chi connectivity index (χ0v) is 4.32. The fraction of sp³-hybridized carbons (Fsp3) is 0.750. The van der Waals surface area contributed by atoms with E-state index >= 15 is 0 Å². The molecule has 42 valence electrons. The zero-order chi connectivity index (χ0) is 5.70. The van der Waals surface area contributed by atoms with Crippen LogP contribution in [0.2, 0.25) is 0 Å². The van der Waals surface area contributed by atoms with Gasteiger partial charge in [0.2, 0.25) is 0 Å². The third-order valence-corrected chi connectivity index (χ3v) is 0.536. The van der Waals surface area contributed by atoms with Gasteiger partial charge in [-0.25, -0.2) is 0 Å². The average molecular weight is 104 g/mol. The standard InChI is InChI=1S/C4H9NO2/c1-2-5-3-4(6)7/h5H,2-3H2,1H3,(H,6,7)/p+1. The van der Waals surface area contributed by atoms with E-state index in [4.69, 9.17) is 5.11 Å². The Bertz CT molecular complexity index is 62.7. The van der Waals surface area contributed by atoms with Crippen LogP contribution in [-0.4, -0.2) is 24.2 Å². The van der Waals surface area contributed by atoms with Gasteiger partial charge in [0.05, 0.1) is 0 Å². The number of nitrogens with one attached hydrogen (secondary N) is 1. The average Bonchev–Trinajstić information content (AvgIpc) is 1.61. The molecular weight excluding hydrogens is 94.0 g/mol. The number of hydrogen-bond donors (Lipinski definition) is 1. The first-order valence-corrected chi connectivity index (χ1v) is 2.22. The highest BCUT2D eigenvalue weighted by Crippen LogP contribution is 1.56. The summed E-state index contributed by atoms with van der Waals surface area (Å²) in [7, 11) is 0. The maximum atomic E-state index is 9.81. The lowest BCUT2D eigenvalue weighted by atomic mass is 10.6. The van der Waals surface area contributed by atoms with E-state index in [1.54, 1.807) is 0 Å². The molecule has 0 aromatic carbocycles. The molecule has 0 unspecified atom stereocenters. The summed E-state index contributed by atoms with van der Waals surface area (Å²) in [5.41, 5.74) is 0. The summed E-state index contributed by atoms with van der Waals surface area (Å²) < 4.78 is 0. The van der Waals surface area contributed by atoms with E-state index in [1.807, 2.05) is 6.92 Å². The number of rotatable bonds is 3. The van der Waals surface area contributed by atoms with E-state index in [0.717, 1.165) is 6.54 Å². The summed E-state index contributed by atoms with van der Waals surface area (Å²) in [5.74, 6) is -0.554. The summed E-state index contributed by atoms with van der Waals surface area (Å²) in [6.07, 6.45) is 0. The third-order valence-electron chi connectivity index (χ3n) is 0.536. The Labute approximate surface area is 42.3 Å². The van der Waals surface area contributed by atoms with Crippen molar-refractivity contribution >= 4 is 5.97 Å². The quantitative estimate of drug-likeness (QED) is 0.459. The molecule has 0 bridgehead atoms. The largest absolute Gasteiger partial charge is 0.564 e. The van der Waals surface area contributed by atoms with Crippen LogP contribution in [0.25, 0.3) is 0 Å². The lowest BCUT2D eigenvalue weighted by Crippen LogP contribution is -2.21. The summed E-state index contributed by atoms with van der Waals surface area (Å²) in [6, 6.07) is 0. The van der Waals surface area contributed by atoms with E-state index in [-0.39, 0.29) is 6.54 Å². The van der Waals surface area contributed by atoms with E-state index in [9.17, 15) is 4.79 Å². The van der Waals surface area contributed by atoms with Crippen LogP contribution >= 0.6 is 0 Å². The summed E-state index contributed by atoms with van der Waals surface area (Å²) in [6.45, 7) is 2.82. The number of carbonyl (C=O) groups is 1. The van der Waals surface area contributed by atoms with Gasteiger partial charge in [0.1, 0.15) is 0 Å². The highest BCUT2D eigenvalue weighted by molar-refractivity contribution is 5.68. The first-order chi connectivity index (χ1) is 3.27. The lowest BCUT2D eigenvalue weighted by molar-refractivity contribution is -0.135. The molecule has 0 aromatic heterocycles. The maximum Gasteiger partial charge on any atom is 0.529 e. The molecule has 0 saturated heterocycles. The van der Waals surface area contributed by atoms with Gasteiger partial charge in [0, 0.05) is 4.79 Å². The molecule has 0 aromatic rings. The number of hydrogen-bond acceptors (Lipinski definition) is 2. The van der Waals surface area contributed by atoms with Crippen molar-refractivity contribution in [3.05, 3.63) is 0 Å². The molecular formula is C4H10NO2+. The minimum atomic E-state index is -0.554. The lowest BCUT2D eigenvalue weighted by Gasteiger charge is -1.86. The predicted molar refractivity (Wildman–Crippen MR) is 27.2 cm³/mol. The Morgan fingerprint density at radius 3 is 2.57 bits per heavy atom. The van der Waals surface area contributed by atoms with Gasteiger partial charge in [0.25, 0.3) is 0 Å². The number of likely N-dealkylation sites (N-methyl/N-ethyl adjacent to an activating group) is 1. The van der Waals surface area contributed by atoms with E-state index in [0.29, 0.717) is 0 Å². The van der Waals surface area contributed by atoms with E-state index in [1.165, 1.54) is 0 Å². The molecule has 0 aliphatic heterocycles. The molecule has 0 amide bonds. The van der Waals surface area contributed by atoms with Crippen LogP contribution in [0.15, 0.2) is 0 Å². The fourth-order valence-corrected chi connectivity index (χ4v) is 0.239. The Morgan fingerprint density at radius 2 is 2.43 bits per heavy atom. The second-order valence-corrected chi connectivity index (χ2v) is 1.20. The van der Waals surface area contributed by atoms with E-state index < -0.39 is 5.97 Å². The van der Waals surface area contributed by atoms with Crippen LogP contribution in [0.1, 0.15) is 6.92 Å². The second kappa shape index (κ2) is 3.61. The second-order valence-electron chi connectivity index (χ2n) is 1.20. The first-order valence-electron chi connectivity index (χ1n) is 2.22. The molecule has 0 aliphatic carbocycles. The van der Waals surface area contributed by atoms with Gasteiger partial charge >= 0.3 is 5.97 Å². The van der Waals surface area contributed by atoms with Gasteiger partial charge in [-0.2, -0.15) is 0 Å². The molecule has 0 saturated carbocycles. The minimum absolute atomic E-state index is 0.177.